The average Bonchev–Trinajstić information content (AvgIpc) is 3.21. The molecule has 1 aromatic carbocycles. The third-order valence-corrected chi connectivity index (χ3v) is 5.54. The summed E-state index contributed by atoms with van der Waals surface area (Å²) in [6, 6.07) is 2.00. The summed E-state index contributed by atoms with van der Waals surface area (Å²) in [7, 11) is 0.983. The molecule has 3 aromatic rings. The lowest BCUT2D eigenvalue weighted by molar-refractivity contribution is -0.137. The molecule has 8 nitrogen and oxygen atoms in total. The summed E-state index contributed by atoms with van der Waals surface area (Å²) in [5.74, 6) is -0.0731. The van der Waals surface area contributed by atoms with Gasteiger partial charge in [0.05, 0.1) is 24.0 Å². The Morgan fingerprint density at radius 3 is 2.57 bits per heavy atom. The highest BCUT2D eigenvalue weighted by Gasteiger charge is 2.39. The molecule has 1 saturated heterocycles. The lowest BCUT2D eigenvalue weighted by atomic mass is 10.0. The summed E-state index contributed by atoms with van der Waals surface area (Å²) in [4.78, 5) is 21.7. The number of hydrogen-bond donors (Lipinski definition) is 4. The highest BCUT2D eigenvalue weighted by Crippen LogP contribution is 2.44. The van der Waals surface area contributed by atoms with Crippen molar-refractivity contribution in [3.63, 3.8) is 0 Å². The van der Waals surface area contributed by atoms with E-state index in [1.54, 1.807) is 0 Å². The van der Waals surface area contributed by atoms with Gasteiger partial charge >= 0.3 is 18.4 Å². The lowest BCUT2D eigenvalue weighted by Gasteiger charge is -2.24. The van der Waals surface area contributed by atoms with E-state index in [1.807, 2.05) is 5.32 Å². The van der Waals surface area contributed by atoms with Crippen LogP contribution >= 0.6 is 0 Å². The number of alkyl halides is 6. The molecule has 1 atom stereocenters. The molecule has 35 heavy (non-hydrogen) atoms. The van der Waals surface area contributed by atoms with E-state index in [0.717, 1.165) is 38.8 Å². The maximum atomic E-state index is 13.9. The van der Waals surface area contributed by atoms with Crippen LogP contribution in [-0.4, -0.2) is 47.3 Å². The third kappa shape index (κ3) is 5.11. The van der Waals surface area contributed by atoms with E-state index >= 15 is 0 Å². The molecular weight excluding hydrogens is 482 g/mol. The van der Waals surface area contributed by atoms with E-state index in [-0.39, 0.29) is 22.9 Å². The lowest BCUT2D eigenvalue weighted by Crippen LogP contribution is -2.38. The van der Waals surface area contributed by atoms with E-state index < -0.39 is 46.5 Å². The Morgan fingerprint density at radius 1 is 1.17 bits per heavy atom. The third-order valence-electron chi connectivity index (χ3n) is 5.54. The molecule has 0 saturated carbocycles. The van der Waals surface area contributed by atoms with Gasteiger partial charge in [-0.25, -0.2) is 14.8 Å². The quantitative estimate of drug-likeness (QED) is 0.374. The first-order valence-corrected chi connectivity index (χ1v) is 10.5. The SMILES string of the molecule is COC(=O)Nc1ccc2c(-c3nc(NC4CCCNC4)ncc3C(F)(F)F)c[nH]c2c1C(F)(F)F. The summed E-state index contributed by atoms with van der Waals surface area (Å²) >= 11 is 0. The van der Waals surface area contributed by atoms with Crippen molar-refractivity contribution in [2.75, 3.05) is 30.8 Å². The number of carbonyl (C=O) groups excluding carboxylic acids is 1. The molecular formula is C21H20F6N6O2. The molecule has 4 N–H and O–H groups in total. The summed E-state index contributed by atoms with van der Waals surface area (Å²) in [5.41, 5.74) is -4.37. The molecule has 3 heterocycles. The molecule has 0 radical (unpaired) electrons. The van der Waals surface area contributed by atoms with Crippen molar-refractivity contribution in [3.8, 4) is 11.3 Å². The van der Waals surface area contributed by atoms with E-state index in [1.165, 1.54) is 6.07 Å². The second-order valence-corrected chi connectivity index (χ2v) is 7.87. The minimum absolute atomic E-state index is 0.0731. The zero-order valence-electron chi connectivity index (χ0n) is 18.2. The van der Waals surface area contributed by atoms with Crippen LogP contribution in [0.1, 0.15) is 24.0 Å². The van der Waals surface area contributed by atoms with Gasteiger partial charge in [0.15, 0.2) is 0 Å². The van der Waals surface area contributed by atoms with Crippen LogP contribution in [0.15, 0.2) is 24.5 Å². The smallest absolute Gasteiger partial charge is 0.420 e. The summed E-state index contributed by atoms with van der Waals surface area (Å²) in [6.07, 6.45) is -7.70. The molecule has 0 spiro atoms. The molecule has 1 fully saturated rings. The van der Waals surface area contributed by atoms with Crippen molar-refractivity contribution >= 4 is 28.6 Å². The van der Waals surface area contributed by atoms with Crippen LogP contribution in [0.4, 0.5) is 42.8 Å². The second-order valence-electron chi connectivity index (χ2n) is 7.87. The summed E-state index contributed by atoms with van der Waals surface area (Å²) in [6.45, 7) is 1.39. The van der Waals surface area contributed by atoms with Gasteiger partial charge in [-0.05, 0) is 25.5 Å². The Balaban J connectivity index is 1.86. The number of hydrogen-bond acceptors (Lipinski definition) is 6. The number of nitrogens with one attached hydrogen (secondary N) is 4. The first kappa shape index (κ1) is 24.6. The number of aromatic nitrogens is 3. The normalized spacial score (nSPS) is 16.8. The van der Waals surface area contributed by atoms with Gasteiger partial charge in [-0.15, -0.1) is 0 Å². The predicted molar refractivity (Wildman–Crippen MR) is 115 cm³/mol. The maximum absolute atomic E-state index is 13.9. The Bertz CT molecular complexity index is 1230. The minimum Gasteiger partial charge on any atom is -0.453 e. The Morgan fingerprint density at radius 2 is 1.94 bits per heavy atom. The van der Waals surface area contributed by atoms with E-state index in [0.29, 0.717) is 12.7 Å². The van der Waals surface area contributed by atoms with Crippen LogP contribution in [0, 0.1) is 0 Å². The molecule has 1 amide bonds. The largest absolute Gasteiger partial charge is 0.453 e. The molecule has 1 unspecified atom stereocenters. The molecule has 2 aromatic heterocycles. The van der Waals surface area contributed by atoms with Crippen molar-refractivity contribution in [1.82, 2.24) is 20.3 Å². The molecule has 0 aliphatic carbocycles. The zero-order chi connectivity index (χ0) is 25.4. The van der Waals surface area contributed by atoms with Crippen LogP contribution in [0.2, 0.25) is 0 Å². The van der Waals surface area contributed by atoms with Crippen molar-refractivity contribution in [2.45, 2.75) is 31.2 Å². The number of carbonyl (C=O) groups is 1. The number of amides is 1. The number of benzene rings is 1. The van der Waals surface area contributed by atoms with Gasteiger partial charge in [-0.2, -0.15) is 26.3 Å². The van der Waals surface area contributed by atoms with Gasteiger partial charge < -0.3 is 20.4 Å². The van der Waals surface area contributed by atoms with Gasteiger partial charge in [0, 0.05) is 35.9 Å². The molecule has 1 aliphatic heterocycles. The number of ether oxygens (including phenoxy) is 1. The summed E-state index contributed by atoms with van der Waals surface area (Å²) < 4.78 is 87.4. The second kappa shape index (κ2) is 9.24. The zero-order valence-corrected chi connectivity index (χ0v) is 18.2. The fourth-order valence-corrected chi connectivity index (χ4v) is 3.98. The summed E-state index contributed by atoms with van der Waals surface area (Å²) in [5, 5.41) is 7.94. The fraction of sp³-hybridized carbons (Fsp3) is 0.381. The molecule has 4 rings (SSSR count). The fourth-order valence-electron chi connectivity index (χ4n) is 3.98. The van der Waals surface area contributed by atoms with Gasteiger partial charge in [0.1, 0.15) is 11.1 Å². The highest BCUT2D eigenvalue weighted by molar-refractivity contribution is 6.01. The topological polar surface area (TPSA) is 104 Å². The van der Waals surface area contributed by atoms with E-state index in [2.05, 4.69) is 30.3 Å². The number of aromatic amines is 1. The number of H-pyrrole nitrogens is 1. The predicted octanol–water partition coefficient (Wildman–Crippen LogP) is 5.00. The average molecular weight is 502 g/mol. The van der Waals surface area contributed by atoms with E-state index in [9.17, 15) is 31.1 Å². The van der Waals surface area contributed by atoms with Crippen LogP contribution in [-0.2, 0) is 17.1 Å². The van der Waals surface area contributed by atoms with Crippen molar-refractivity contribution in [2.24, 2.45) is 0 Å². The highest BCUT2D eigenvalue weighted by atomic mass is 19.4. The first-order chi connectivity index (χ1) is 16.5. The van der Waals surface area contributed by atoms with Gasteiger partial charge in [0.2, 0.25) is 5.95 Å². The monoisotopic (exact) mass is 502 g/mol. The van der Waals surface area contributed by atoms with Crippen molar-refractivity contribution in [3.05, 3.63) is 35.7 Å². The van der Waals surface area contributed by atoms with Gasteiger partial charge in [-0.3, -0.25) is 5.32 Å². The Hall–Kier alpha value is -3.55. The van der Waals surface area contributed by atoms with Gasteiger partial charge in [-0.1, -0.05) is 6.07 Å². The molecule has 1 aliphatic rings. The number of nitrogens with zero attached hydrogens (tertiary/aromatic N) is 2. The number of fused-ring (bicyclic) bond motifs is 1. The number of halogens is 6. The number of rotatable bonds is 4. The van der Waals surface area contributed by atoms with Crippen LogP contribution in [0.5, 0.6) is 0 Å². The minimum atomic E-state index is -4.95. The Kier molecular flexibility index (Phi) is 6.49. The maximum Gasteiger partial charge on any atom is 0.420 e. The van der Waals surface area contributed by atoms with Gasteiger partial charge in [0.25, 0.3) is 0 Å². The molecule has 14 heteroatoms. The number of piperidine rings is 1. The van der Waals surface area contributed by atoms with Crippen molar-refractivity contribution < 1.29 is 35.9 Å². The molecule has 188 valence electrons. The number of methoxy groups -OCH3 is 1. The number of anilines is 2. The van der Waals surface area contributed by atoms with Crippen molar-refractivity contribution in [1.29, 1.82) is 0 Å². The van der Waals surface area contributed by atoms with Crippen LogP contribution in [0.3, 0.4) is 0 Å². The first-order valence-electron chi connectivity index (χ1n) is 10.5. The van der Waals surface area contributed by atoms with Crippen LogP contribution in [0.25, 0.3) is 22.2 Å². The Labute approximate surface area is 194 Å². The van der Waals surface area contributed by atoms with E-state index in [4.69, 9.17) is 0 Å². The molecule has 0 bridgehead atoms. The van der Waals surface area contributed by atoms with Crippen LogP contribution < -0.4 is 16.0 Å². The standard InChI is InChI=1S/C21H20F6N6O2/c1-35-19(34)32-14-5-4-11-12(8-29-17(11)15(14)21(25,26)27)16-13(20(22,23)24)9-30-18(33-16)31-10-3-2-6-28-7-10/h4-5,8-10,28-29H,2-3,6-7H2,1H3,(H,32,34)(H,30,31,33).